The first-order valence-corrected chi connectivity index (χ1v) is 5.23. The molecule has 0 spiro atoms. The van der Waals surface area contributed by atoms with Gasteiger partial charge in [0.15, 0.2) is 0 Å². The Morgan fingerprint density at radius 2 is 2.07 bits per heavy atom. The zero-order valence-corrected chi connectivity index (χ0v) is 9.38. The molecule has 14 heavy (non-hydrogen) atoms. The zero-order chi connectivity index (χ0) is 10.6. The van der Waals surface area contributed by atoms with Crippen molar-refractivity contribution in [1.29, 1.82) is 0 Å². The number of benzene rings is 1. The Balaban J connectivity index is 2.82. The van der Waals surface area contributed by atoms with Crippen molar-refractivity contribution in [3.05, 3.63) is 23.8 Å². The molecule has 0 fully saturated rings. The maximum atomic E-state index is 5.95. The first kappa shape index (κ1) is 10.9. The second-order valence-corrected chi connectivity index (χ2v) is 3.79. The topological polar surface area (TPSA) is 29.3 Å². The molecule has 0 aromatic heterocycles. The van der Waals surface area contributed by atoms with Gasteiger partial charge in [-0.1, -0.05) is 25.5 Å². The van der Waals surface area contributed by atoms with Gasteiger partial charge in [0, 0.05) is 13.6 Å². The Bertz CT molecular complexity index is 274. The summed E-state index contributed by atoms with van der Waals surface area (Å²) in [6.45, 7) is 5.38. The predicted octanol–water partition coefficient (Wildman–Crippen LogP) is 2.81. The summed E-state index contributed by atoms with van der Waals surface area (Å²) in [5, 5.41) is 0. The molecule has 0 heterocycles. The lowest BCUT2D eigenvalue weighted by molar-refractivity contribution is 0.766. The van der Waals surface area contributed by atoms with Crippen LogP contribution in [-0.4, -0.2) is 13.6 Å². The number of nitrogens with zero attached hydrogens (tertiary/aromatic N) is 1. The summed E-state index contributed by atoms with van der Waals surface area (Å²) in [6, 6.07) is 6.07. The fraction of sp³-hybridized carbons (Fsp3) is 0.500. The molecule has 2 heteroatoms. The van der Waals surface area contributed by atoms with Crippen LogP contribution in [0.4, 0.5) is 11.4 Å². The van der Waals surface area contributed by atoms with Crippen LogP contribution < -0.4 is 10.6 Å². The summed E-state index contributed by atoms with van der Waals surface area (Å²) in [4.78, 5) is 2.24. The summed E-state index contributed by atoms with van der Waals surface area (Å²) in [5.41, 5.74) is 9.27. The van der Waals surface area contributed by atoms with E-state index in [1.165, 1.54) is 24.1 Å². The smallest absolute Gasteiger partial charge is 0.0626 e. The van der Waals surface area contributed by atoms with Crippen LogP contribution in [0.25, 0.3) is 0 Å². The fourth-order valence-corrected chi connectivity index (χ4v) is 1.71. The third-order valence-electron chi connectivity index (χ3n) is 2.50. The molecule has 0 saturated carbocycles. The van der Waals surface area contributed by atoms with Crippen LogP contribution >= 0.6 is 0 Å². The lowest BCUT2D eigenvalue weighted by atomic mass is 10.1. The number of unbranched alkanes of at least 4 members (excludes halogenated alkanes) is 1. The molecule has 0 aliphatic carbocycles. The summed E-state index contributed by atoms with van der Waals surface area (Å²) in [5.74, 6) is 0. The van der Waals surface area contributed by atoms with Gasteiger partial charge < -0.3 is 10.6 Å². The van der Waals surface area contributed by atoms with Gasteiger partial charge in [0.2, 0.25) is 0 Å². The van der Waals surface area contributed by atoms with Crippen molar-refractivity contribution in [2.75, 3.05) is 24.2 Å². The molecule has 0 saturated heterocycles. The Morgan fingerprint density at radius 1 is 1.36 bits per heavy atom. The number of aryl methyl sites for hydroxylation is 1. The number of hydrogen-bond donors (Lipinski definition) is 1. The molecular weight excluding hydrogens is 172 g/mol. The number of para-hydroxylation sites is 1. The van der Waals surface area contributed by atoms with Crippen molar-refractivity contribution in [2.45, 2.75) is 26.7 Å². The van der Waals surface area contributed by atoms with Gasteiger partial charge in [-0.15, -0.1) is 0 Å². The highest BCUT2D eigenvalue weighted by Gasteiger charge is 2.06. The van der Waals surface area contributed by atoms with Crippen molar-refractivity contribution < 1.29 is 0 Å². The number of anilines is 2. The van der Waals surface area contributed by atoms with Crippen LogP contribution in [0, 0.1) is 6.92 Å². The van der Waals surface area contributed by atoms with E-state index in [-0.39, 0.29) is 0 Å². The number of nitrogen functional groups attached to an aromatic ring is 1. The molecule has 0 unspecified atom stereocenters. The molecule has 0 amide bonds. The molecular formula is C12H20N2. The van der Waals surface area contributed by atoms with E-state index in [1.807, 2.05) is 12.1 Å². The van der Waals surface area contributed by atoms with Crippen molar-refractivity contribution in [3.63, 3.8) is 0 Å². The van der Waals surface area contributed by atoms with E-state index in [1.54, 1.807) is 0 Å². The number of hydrogen-bond acceptors (Lipinski definition) is 2. The average molecular weight is 192 g/mol. The zero-order valence-electron chi connectivity index (χ0n) is 9.38. The van der Waals surface area contributed by atoms with E-state index >= 15 is 0 Å². The fourth-order valence-electron chi connectivity index (χ4n) is 1.71. The standard InChI is InChI=1S/C12H20N2/c1-4-5-9-14(3)12-10(2)7-6-8-11(12)13/h6-8H,4-5,9,13H2,1-3H3. The highest BCUT2D eigenvalue weighted by molar-refractivity contribution is 5.70. The minimum atomic E-state index is 0.878. The molecule has 78 valence electrons. The molecule has 0 radical (unpaired) electrons. The second kappa shape index (κ2) is 4.89. The van der Waals surface area contributed by atoms with Gasteiger partial charge in [-0.05, 0) is 25.0 Å². The molecule has 1 aromatic carbocycles. The third kappa shape index (κ3) is 2.41. The summed E-state index contributed by atoms with van der Waals surface area (Å²) < 4.78 is 0. The van der Waals surface area contributed by atoms with E-state index in [9.17, 15) is 0 Å². The van der Waals surface area contributed by atoms with Crippen molar-refractivity contribution >= 4 is 11.4 Å². The molecule has 0 aliphatic rings. The summed E-state index contributed by atoms with van der Waals surface area (Å²) in [6.07, 6.45) is 2.43. The monoisotopic (exact) mass is 192 g/mol. The van der Waals surface area contributed by atoms with E-state index in [2.05, 4.69) is 31.9 Å². The van der Waals surface area contributed by atoms with Crippen molar-refractivity contribution in [3.8, 4) is 0 Å². The number of nitrogens with two attached hydrogens (primary N) is 1. The van der Waals surface area contributed by atoms with Gasteiger partial charge in [0.25, 0.3) is 0 Å². The summed E-state index contributed by atoms with van der Waals surface area (Å²) >= 11 is 0. The minimum Gasteiger partial charge on any atom is -0.397 e. The van der Waals surface area contributed by atoms with Gasteiger partial charge in [0.05, 0.1) is 11.4 Å². The Hall–Kier alpha value is -1.18. The van der Waals surface area contributed by atoms with Crippen molar-refractivity contribution in [2.24, 2.45) is 0 Å². The van der Waals surface area contributed by atoms with Gasteiger partial charge >= 0.3 is 0 Å². The largest absolute Gasteiger partial charge is 0.397 e. The van der Waals surface area contributed by atoms with Gasteiger partial charge in [-0.25, -0.2) is 0 Å². The molecule has 2 N–H and O–H groups in total. The van der Waals surface area contributed by atoms with Crippen LogP contribution in [0.5, 0.6) is 0 Å². The molecule has 1 aromatic rings. The average Bonchev–Trinajstić information content (AvgIpc) is 2.14. The molecule has 2 nitrogen and oxygen atoms in total. The quantitative estimate of drug-likeness (QED) is 0.743. The molecule has 0 bridgehead atoms. The second-order valence-electron chi connectivity index (χ2n) is 3.79. The van der Waals surface area contributed by atoms with Crippen molar-refractivity contribution in [1.82, 2.24) is 0 Å². The van der Waals surface area contributed by atoms with Crippen LogP contribution in [0.2, 0.25) is 0 Å². The molecule has 1 rings (SSSR count). The Morgan fingerprint density at radius 3 is 2.64 bits per heavy atom. The normalized spacial score (nSPS) is 10.2. The van der Waals surface area contributed by atoms with E-state index < -0.39 is 0 Å². The molecule has 0 aliphatic heterocycles. The van der Waals surface area contributed by atoms with Crippen LogP contribution in [0.1, 0.15) is 25.3 Å². The third-order valence-corrected chi connectivity index (χ3v) is 2.50. The maximum Gasteiger partial charge on any atom is 0.0626 e. The first-order valence-electron chi connectivity index (χ1n) is 5.23. The maximum absolute atomic E-state index is 5.95. The van der Waals surface area contributed by atoms with Gasteiger partial charge in [-0.3, -0.25) is 0 Å². The Kier molecular flexibility index (Phi) is 3.81. The summed E-state index contributed by atoms with van der Waals surface area (Å²) in [7, 11) is 2.11. The number of rotatable bonds is 4. The van der Waals surface area contributed by atoms with E-state index in [0.717, 1.165) is 12.2 Å². The van der Waals surface area contributed by atoms with Crippen LogP contribution in [0.15, 0.2) is 18.2 Å². The van der Waals surface area contributed by atoms with E-state index in [0.29, 0.717) is 0 Å². The van der Waals surface area contributed by atoms with Gasteiger partial charge in [0.1, 0.15) is 0 Å². The first-order chi connectivity index (χ1) is 6.66. The lowest BCUT2D eigenvalue weighted by Gasteiger charge is -2.22. The van der Waals surface area contributed by atoms with Gasteiger partial charge in [-0.2, -0.15) is 0 Å². The minimum absolute atomic E-state index is 0.878. The van der Waals surface area contributed by atoms with E-state index in [4.69, 9.17) is 5.73 Å². The predicted molar refractivity (Wildman–Crippen MR) is 63.8 cm³/mol. The SMILES string of the molecule is CCCCN(C)c1c(C)cccc1N. The molecule has 0 atom stereocenters. The highest BCUT2D eigenvalue weighted by Crippen LogP contribution is 2.26. The van der Waals surface area contributed by atoms with Crippen LogP contribution in [-0.2, 0) is 0 Å². The highest BCUT2D eigenvalue weighted by atomic mass is 15.1. The lowest BCUT2D eigenvalue weighted by Crippen LogP contribution is -2.20. The Labute approximate surface area is 86.7 Å². The van der Waals surface area contributed by atoms with Crippen LogP contribution in [0.3, 0.4) is 0 Å².